The quantitative estimate of drug-likeness (QED) is 0.869. The van der Waals surface area contributed by atoms with Crippen molar-refractivity contribution in [1.82, 2.24) is 10.2 Å². The van der Waals surface area contributed by atoms with E-state index in [1.54, 1.807) is 0 Å². The topological polar surface area (TPSA) is 78.5 Å². The zero-order valence-electron chi connectivity index (χ0n) is 15.1. The minimum atomic E-state index is -0.261. The molecule has 3 amide bonds. The van der Waals surface area contributed by atoms with Crippen LogP contribution in [0.15, 0.2) is 18.2 Å². The highest BCUT2D eigenvalue weighted by Crippen LogP contribution is 2.30. The van der Waals surface area contributed by atoms with Gasteiger partial charge in [-0.1, -0.05) is 25.0 Å². The van der Waals surface area contributed by atoms with Crippen LogP contribution in [0.5, 0.6) is 0 Å². The highest BCUT2D eigenvalue weighted by molar-refractivity contribution is 5.99. The third-order valence-corrected chi connectivity index (χ3v) is 5.91. The van der Waals surface area contributed by atoms with Gasteiger partial charge in [-0.05, 0) is 37.0 Å². The second-order valence-electron chi connectivity index (χ2n) is 7.76. The largest absolute Gasteiger partial charge is 0.349 e. The van der Waals surface area contributed by atoms with Gasteiger partial charge in [-0.2, -0.15) is 0 Å². The molecule has 6 nitrogen and oxygen atoms in total. The molecule has 2 atom stereocenters. The number of likely N-dealkylation sites (tertiary alicyclic amines) is 1. The molecule has 1 aromatic carbocycles. The first-order chi connectivity index (χ1) is 12.5. The molecule has 0 bridgehead atoms. The molecule has 138 valence electrons. The number of hydrogen-bond donors (Lipinski definition) is 2. The van der Waals surface area contributed by atoms with Crippen LogP contribution in [0.1, 0.15) is 56.2 Å². The summed E-state index contributed by atoms with van der Waals surface area (Å²) in [5, 5.41) is 5.87. The fourth-order valence-corrected chi connectivity index (χ4v) is 4.41. The summed E-state index contributed by atoms with van der Waals surface area (Å²) in [4.78, 5) is 38.4. The summed E-state index contributed by atoms with van der Waals surface area (Å²) in [7, 11) is 0. The number of amides is 3. The Kier molecular flexibility index (Phi) is 4.42. The van der Waals surface area contributed by atoms with Crippen LogP contribution < -0.4 is 10.6 Å². The maximum Gasteiger partial charge on any atom is 0.228 e. The minimum absolute atomic E-state index is 0.00492. The Morgan fingerprint density at radius 3 is 2.81 bits per heavy atom. The number of hydrogen-bond acceptors (Lipinski definition) is 3. The molecule has 1 saturated heterocycles. The monoisotopic (exact) mass is 355 g/mol. The molecule has 0 spiro atoms. The summed E-state index contributed by atoms with van der Waals surface area (Å²) in [6.45, 7) is 2.49. The average molecular weight is 355 g/mol. The van der Waals surface area contributed by atoms with E-state index in [1.165, 1.54) is 12.8 Å². The molecular formula is C20H25N3O3. The van der Waals surface area contributed by atoms with Gasteiger partial charge in [-0.3, -0.25) is 14.4 Å². The summed E-state index contributed by atoms with van der Waals surface area (Å²) in [5.41, 5.74) is 2.80. The van der Waals surface area contributed by atoms with Gasteiger partial charge in [0.05, 0.1) is 18.4 Å². The van der Waals surface area contributed by atoms with E-state index in [-0.39, 0.29) is 29.7 Å². The van der Waals surface area contributed by atoms with Gasteiger partial charge >= 0.3 is 0 Å². The molecule has 6 heteroatoms. The Morgan fingerprint density at radius 2 is 2.04 bits per heavy atom. The Labute approximate surface area is 153 Å². The molecular weight excluding hydrogens is 330 g/mol. The predicted molar refractivity (Wildman–Crippen MR) is 97.4 cm³/mol. The van der Waals surface area contributed by atoms with Crippen LogP contribution in [0.2, 0.25) is 0 Å². The van der Waals surface area contributed by atoms with Gasteiger partial charge in [0.2, 0.25) is 17.7 Å². The molecule has 0 radical (unpaired) electrons. The third-order valence-electron chi connectivity index (χ3n) is 5.91. The highest BCUT2D eigenvalue weighted by atomic mass is 16.2. The molecule has 2 aliphatic heterocycles. The number of carbonyl (C=O) groups is 3. The average Bonchev–Trinajstić information content (AvgIpc) is 3.32. The van der Waals surface area contributed by atoms with E-state index in [2.05, 4.69) is 10.6 Å². The van der Waals surface area contributed by atoms with Crippen molar-refractivity contribution in [3.63, 3.8) is 0 Å². The van der Waals surface area contributed by atoms with Crippen LogP contribution in [-0.2, 0) is 20.8 Å². The summed E-state index contributed by atoms with van der Waals surface area (Å²) >= 11 is 0. The maximum atomic E-state index is 12.7. The van der Waals surface area contributed by atoms with E-state index >= 15 is 0 Å². The van der Waals surface area contributed by atoms with E-state index in [4.69, 9.17) is 0 Å². The van der Waals surface area contributed by atoms with E-state index in [0.29, 0.717) is 25.4 Å². The Morgan fingerprint density at radius 1 is 1.27 bits per heavy atom. The highest BCUT2D eigenvalue weighted by Gasteiger charge is 2.38. The molecule has 0 unspecified atom stereocenters. The fourth-order valence-electron chi connectivity index (χ4n) is 4.41. The van der Waals surface area contributed by atoms with Crippen LogP contribution in [-0.4, -0.2) is 35.2 Å². The number of carbonyl (C=O) groups excluding carboxylic acids is 3. The van der Waals surface area contributed by atoms with Gasteiger partial charge in [0, 0.05) is 24.7 Å². The zero-order chi connectivity index (χ0) is 18.3. The van der Waals surface area contributed by atoms with Crippen molar-refractivity contribution in [2.45, 2.75) is 57.5 Å². The van der Waals surface area contributed by atoms with Crippen molar-refractivity contribution in [2.75, 3.05) is 11.9 Å². The van der Waals surface area contributed by atoms with Gasteiger partial charge in [-0.25, -0.2) is 0 Å². The third kappa shape index (κ3) is 3.20. The summed E-state index contributed by atoms with van der Waals surface area (Å²) in [6.07, 6.45) is 5.20. The lowest BCUT2D eigenvalue weighted by atomic mass is 10.0. The molecule has 3 aliphatic rings. The number of nitrogens with zero attached hydrogens (tertiary/aromatic N) is 1. The normalized spacial score (nSPS) is 23.9. The number of nitrogens with one attached hydrogen (secondary N) is 2. The second-order valence-corrected chi connectivity index (χ2v) is 7.76. The first-order valence-electron chi connectivity index (χ1n) is 9.54. The van der Waals surface area contributed by atoms with Gasteiger partial charge in [-0.15, -0.1) is 0 Å². The van der Waals surface area contributed by atoms with Gasteiger partial charge in [0.1, 0.15) is 0 Å². The summed E-state index contributed by atoms with van der Waals surface area (Å²) in [5.74, 6) is -0.193. The lowest BCUT2D eigenvalue weighted by Gasteiger charge is -2.24. The van der Waals surface area contributed by atoms with Crippen LogP contribution in [0.4, 0.5) is 5.69 Å². The lowest BCUT2D eigenvalue weighted by Crippen LogP contribution is -2.37. The number of anilines is 1. The summed E-state index contributed by atoms with van der Waals surface area (Å²) < 4.78 is 0. The molecule has 2 heterocycles. The van der Waals surface area contributed by atoms with Crippen molar-refractivity contribution in [3.05, 3.63) is 29.3 Å². The molecule has 1 aliphatic carbocycles. The first-order valence-corrected chi connectivity index (χ1v) is 9.54. The Balaban J connectivity index is 1.38. The van der Waals surface area contributed by atoms with Crippen molar-refractivity contribution < 1.29 is 14.4 Å². The van der Waals surface area contributed by atoms with E-state index < -0.39 is 0 Å². The van der Waals surface area contributed by atoms with Gasteiger partial charge in [0.15, 0.2) is 0 Å². The molecule has 1 saturated carbocycles. The summed E-state index contributed by atoms with van der Waals surface area (Å²) in [6, 6.07) is 5.97. The Hall–Kier alpha value is -2.37. The van der Waals surface area contributed by atoms with Gasteiger partial charge in [0.25, 0.3) is 0 Å². The van der Waals surface area contributed by atoms with Gasteiger partial charge < -0.3 is 15.5 Å². The molecule has 2 fully saturated rings. The van der Waals surface area contributed by atoms with Crippen LogP contribution >= 0.6 is 0 Å². The first kappa shape index (κ1) is 17.1. The van der Waals surface area contributed by atoms with Crippen molar-refractivity contribution >= 4 is 23.4 Å². The van der Waals surface area contributed by atoms with Crippen LogP contribution in [0.3, 0.4) is 0 Å². The van der Waals surface area contributed by atoms with Crippen LogP contribution in [0.25, 0.3) is 0 Å². The maximum absolute atomic E-state index is 12.7. The molecule has 1 aromatic rings. The lowest BCUT2D eigenvalue weighted by molar-refractivity contribution is -0.130. The number of benzene rings is 1. The number of fused-ring (bicyclic) bond motifs is 1. The molecule has 4 rings (SSSR count). The van der Waals surface area contributed by atoms with Crippen LogP contribution in [0, 0.1) is 5.92 Å². The predicted octanol–water partition coefficient (Wildman–Crippen LogP) is 2.15. The van der Waals surface area contributed by atoms with E-state index in [1.807, 2.05) is 30.0 Å². The molecule has 26 heavy (non-hydrogen) atoms. The van der Waals surface area contributed by atoms with Crippen molar-refractivity contribution in [1.29, 1.82) is 0 Å². The smallest absolute Gasteiger partial charge is 0.228 e. The second kappa shape index (κ2) is 6.74. The van der Waals surface area contributed by atoms with Crippen molar-refractivity contribution in [3.8, 4) is 0 Å². The minimum Gasteiger partial charge on any atom is -0.349 e. The molecule has 0 aromatic heterocycles. The molecule has 2 N–H and O–H groups in total. The fraction of sp³-hybridized carbons (Fsp3) is 0.550. The SMILES string of the molecule is C[C@H](NC(=O)[C@H]1CC(=O)N(C2CCCC2)C1)c1ccc2c(c1)CC(=O)N2. The number of rotatable bonds is 4. The Bertz CT molecular complexity index is 755. The zero-order valence-corrected chi connectivity index (χ0v) is 15.1. The van der Waals surface area contributed by atoms with Crippen molar-refractivity contribution in [2.24, 2.45) is 5.92 Å². The van der Waals surface area contributed by atoms with E-state index in [0.717, 1.165) is 29.7 Å². The van der Waals surface area contributed by atoms with E-state index in [9.17, 15) is 14.4 Å². The standard InChI is InChI=1S/C20H25N3O3/c1-12(13-6-7-17-14(8-13)9-18(24)22-17)21-20(26)15-10-19(25)23(11-15)16-4-2-3-5-16/h6-8,12,15-16H,2-5,9-11H2,1H3,(H,21,26)(H,22,24)/t12-,15-/m0/s1.